The molecule has 4 N–H and O–H groups in total. The third-order valence-corrected chi connectivity index (χ3v) is 5.50. The number of sulfone groups is 1. The Balaban J connectivity index is 2.78. The SMILES string of the molecule is CS(=O)(=O)c1c(SC(N)=O)nn(-c2c(Cl)cc(C(F)(F)F)cc2Cl)c1N. The van der Waals surface area contributed by atoms with Crippen molar-refractivity contribution in [2.75, 3.05) is 12.0 Å². The van der Waals surface area contributed by atoms with Gasteiger partial charge in [-0.05, 0) is 23.9 Å². The number of thioether (sulfide) groups is 1. The Hall–Kier alpha value is -1.63. The summed E-state index contributed by atoms with van der Waals surface area (Å²) in [5, 5.41) is 1.55. The van der Waals surface area contributed by atoms with Crippen LogP contribution in [0.15, 0.2) is 22.1 Å². The van der Waals surface area contributed by atoms with Crippen molar-refractivity contribution in [2.24, 2.45) is 5.73 Å². The van der Waals surface area contributed by atoms with E-state index in [-0.39, 0.29) is 22.5 Å². The molecule has 0 atom stereocenters. The number of nitrogens with zero attached hydrogens (tertiary/aromatic N) is 2. The second kappa shape index (κ2) is 6.83. The minimum Gasteiger partial charge on any atom is -0.382 e. The zero-order valence-corrected chi connectivity index (χ0v) is 15.8. The van der Waals surface area contributed by atoms with Crippen LogP contribution in [-0.4, -0.2) is 29.7 Å². The summed E-state index contributed by atoms with van der Waals surface area (Å²) in [4.78, 5) is 10.6. The third-order valence-electron chi connectivity index (χ3n) is 2.97. The van der Waals surface area contributed by atoms with Crippen molar-refractivity contribution in [1.29, 1.82) is 0 Å². The van der Waals surface area contributed by atoms with E-state index in [1.807, 2.05) is 0 Å². The molecule has 1 aromatic heterocycles. The number of halogens is 5. The number of rotatable bonds is 3. The molecule has 0 aliphatic heterocycles. The second-order valence-electron chi connectivity index (χ2n) is 4.91. The Bertz CT molecular complexity index is 983. The number of anilines is 1. The van der Waals surface area contributed by atoms with E-state index in [1.54, 1.807) is 0 Å². The molecule has 0 saturated heterocycles. The van der Waals surface area contributed by atoms with Crippen molar-refractivity contribution >= 4 is 55.9 Å². The van der Waals surface area contributed by atoms with Crippen molar-refractivity contribution in [1.82, 2.24) is 9.78 Å². The molecule has 7 nitrogen and oxygen atoms in total. The maximum atomic E-state index is 12.8. The van der Waals surface area contributed by atoms with E-state index in [1.165, 1.54) is 0 Å². The fraction of sp³-hybridized carbons (Fsp3) is 0.167. The van der Waals surface area contributed by atoms with Crippen LogP contribution in [-0.2, 0) is 16.0 Å². The normalized spacial score (nSPS) is 12.4. The summed E-state index contributed by atoms with van der Waals surface area (Å²) in [6.07, 6.45) is -3.89. The van der Waals surface area contributed by atoms with Crippen LogP contribution in [0.2, 0.25) is 10.0 Å². The summed E-state index contributed by atoms with van der Waals surface area (Å²) in [6, 6.07) is 1.18. The first-order valence-electron chi connectivity index (χ1n) is 6.36. The maximum Gasteiger partial charge on any atom is 0.416 e. The largest absolute Gasteiger partial charge is 0.416 e. The minimum atomic E-state index is -4.70. The van der Waals surface area contributed by atoms with E-state index in [2.05, 4.69) is 5.10 Å². The van der Waals surface area contributed by atoms with Crippen molar-refractivity contribution in [3.63, 3.8) is 0 Å². The third kappa shape index (κ3) is 4.03. The van der Waals surface area contributed by atoms with Crippen LogP contribution in [0.4, 0.5) is 23.8 Å². The number of hydrogen-bond acceptors (Lipinski definition) is 6. The predicted octanol–water partition coefficient (Wildman–Crippen LogP) is 3.35. The fourth-order valence-corrected chi connectivity index (χ4v) is 4.57. The molecule has 0 bridgehead atoms. The topological polar surface area (TPSA) is 121 Å². The highest BCUT2D eigenvalue weighted by atomic mass is 35.5. The van der Waals surface area contributed by atoms with E-state index in [9.17, 15) is 26.4 Å². The summed E-state index contributed by atoms with van der Waals surface area (Å²) >= 11 is 12.0. The zero-order valence-electron chi connectivity index (χ0n) is 12.6. The van der Waals surface area contributed by atoms with Gasteiger partial charge in [0.05, 0.1) is 15.6 Å². The predicted molar refractivity (Wildman–Crippen MR) is 91.5 cm³/mol. The molecule has 26 heavy (non-hydrogen) atoms. The summed E-state index contributed by atoms with van der Waals surface area (Å²) < 4.78 is 63.1. The molecule has 142 valence electrons. The van der Waals surface area contributed by atoms with Gasteiger partial charge in [0.2, 0.25) is 0 Å². The van der Waals surface area contributed by atoms with Crippen molar-refractivity contribution < 1.29 is 26.4 Å². The Labute approximate surface area is 159 Å². The number of aromatic nitrogens is 2. The van der Waals surface area contributed by atoms with Crippen molar-refractivity contribution in [3.8, 4) is 5.69 Å². The molecule has 2 rings (SSSR count). The molecule has 2 aromatic rings. The van der Waals surface area contributed by atoms with Gasteiger partial charge in [0.25, 0.3) is 5.24 Å². The Kier molecular flexibility index (Phi) is 5.43. The Morgan fingerprint density at radius 1 is 1.27 bits per heavy atom. The highest BCUT2D eigenvalue weighted by molar-refractivity contribution is 8.13. The molecule has 0 radical (unpaired) electrons. The average molecular weight is 449 g/mol. The molecule has 1 amide bonds. The summed E-state index contributed by atoms with van der Waals surface area (Å²) in [6.45, 7) is 0. The number of benzene rings is 1. The second-order valence-corrected chi connectivity index (χ2v) is 8.67. The van der Waals surface area contributed by atoms with Gasteiger partial charge in [-0.1, -0.05) is 23.2 Å². The number of hydrogen-bond donors (Lipinski definition) is 2. The average Bonchev–Trinajstić information content (AvgIpc) is 2.72. The highest BCUT2D eigenvalue weighted by Crippen LogP contribution is 2.40. The van der Waals surface area contributed by atoms with E-state index >= 15 is 0 Å². The van der Waals surface area contributed by atoms with Crippen LogP contribution in [0.5, 0.6) is 0 Å². The lowest BCUT2D eigenvalue weighted by Crippen LogP contribution is -2.09. The van der Waals surface area contributed by atoms with Gasteiger partial charge < -0.3 is 11.5 Å². The van der Waals surface area contributed by atoms with Crippen molar-refractivity contribution in [2.45, 2.75) is 16.1 Å². The first-order chi connectivity index (χ1) is 11.7. The smallest absolute Gasteiger partial charge is 0.382 e. The highest BCUT2D eigenvalue weighted by Gasteiger charge is 2.33. The number of amides is 1. The van der Waals surface area contributed by atoms with Gasteiger partial charge in [-0.2, -0.15) is 18.3 Å². The molecule has 14 heteroatoms. The van der Waals surface area contributed by atoms with Crippen LogP contribution in [0, 0.1) is 0 Å². The van der Waals surface area contributed by atoms with Crippen molar-refractivity contribution in [3.05, 3.63) is 27.7 Å². The summed E-state index contributed by atoms with van der Waals surface area (Å²) in [5.41, 5.74) is 9.41. The number of carbonyl (C=O) groups excluding carboxylic acids is 1. The number of nitrogens with two attached hydrogens (primary N) is 2. The molecule has 1 heterocycles. The van der Waals surface area contributed by atoms with E-state index in [4.69, 9.17) is 34.7 Å². The number of carbonyl (C=O) groups is 1. The molecule has 0 spiro atoms. The van der Waals surface area contributed by atoms with Gasteiger partial charge in [-0.3, -0.25) is 4.79 Å². The van der Waals surface area contributed by atoms with Gasteiger partial charge in [0.15, 0.2) is 9.84 Å². The lowest BCUT2D eigenvalue weighted by Gasteiger charge is -2.13. The maximum absolute atomic E-state index is 12.8. The molecule has 0 fully saturated rings. The van der Waals surface area contributed by atoms with Gasteiger partial charge >= 0.3 is 6.18 Å². The molecular weight excluding hydrogens is 440 g/mol. The number of nitrogen functional groups attached to an aromatic ring is 1. The van der Waals surface area contributed by atoms with Gasteiger partial charge in [0.1, 0.15) is 21.4 Å². The lowest BCUT2D eigenvalue weighted by atomic mass is 10.2. The molecule has 1 aromatic carbocycles. The standard InChI is InChI=1S/C12H9Cl2F3N4O3S2/c1-26(23,24)8-9(18)21(20-10(8)25-11(19)22)7-5(13)2-4(3-6(7)14)12(15,16)17/h2-3H,18H2,1H3,(H2,19,22). The minimum absolute atomic E-state index is 0.278. The van der Waals surface area contributed by atoms with Crippen LogP contribution in [0.1, 0.15) is 5.56 Å². The molecule has 0 aliphatic carbocycles. The molecule has 0 saturated carbocycles. The molecule has 0 unspecified atom stereocenters. The zero-order chi connectivity index (χ0) is 20.0. The quantitative estimate of drug-likeness (QED) is 0.694. The van der Waals surface area contributed by atoms with Crippen LogP contribution < -0.4 is 11.5 Å². The van der Waals surface area contributed by atoms with Crippen LogP contribution >= 0.6 is 35.0 Å². The fourth-order valence-electron chi connectivity index (χ4n) is 2.01. The van der Waals surface area contributed by atoms with E-state index in [0.29, 0.717) is 12.1 Å². The van der Waals surface area contributed by atoms with Gasteiger partial charge in [0, 0.05) is 6.26 Å². The Morgan fingerprint density at radius 3 is 2.15 bits per heavy atom. The first-order valence-corrected chi connectivity index (χ1v) is 9.82. The lowest BCUT2D eigenvalue weighted by molar-refractivity contribution is -0.137. The molecular formula is C12H9Cl2F3N4O3S2. The van der Waals surface area contributed by atoms with Crippen LogP contribution in [0.3, 0.4) is 0 Å². The monoisotopic (exact) mass is 448 g/mol. The molecule has 0 aliphatic rings. The van der Waals surface area contributed by atoms with Crippen LogP contribution in [0.25, 0.3) is 5.69 Å². The van der Waals surface area contributed by atoms with Gasteiger partial charge in [-0.15, -0.1) is 0 Å². The summed E-state index contributed by atoms with van der Waals surface area (Å²) in [5.74, 6) is -0.486. The van der Waals surface area contributed by atoms with E-state index in [0.717, 1.165) is 10.9 Å². The first kappa shape index (κ1) is 20.7. The summed E-state index contributed by atoms with van der Waals surface area (Å²) in [7, 11) is -3.96. The van der Waals surface area contributed by atoms with Gasteiger partial charge in [-0.25, -0.2) is 13.1 Å². The number of alkyl halides is 3. The van der Waals surface area contributed by atoms with E-state index < -0.39 is 47.6 Å². The Morgan fingerprint density at radius 2 is 1.77 bits per heavy atom. The number of primary amides is 1.